The number of aryl methyl sites for hydroxylation is 1. The minimum absolute atomic E-state index is 0.0392. The van der Waals surface area contributed by atoms with E-state index in [0.29, 0.717) is 5.75 Å². The number of thioether (sulfide) groups is 1. The van der Waals surface area contributed by atoms with Crippen molar-refractivity contribution in [2.75, 3.05) is 12.9 Å². The van der Waals surface area contributed by atoms with Crippen LogP contribution in [-0.2, 0) is 11.8 Å². The number of carbonyl (C=O) groups is 1. The number of hydrogen-bond acceptors (Lipinski definition) is 4. The predicted octanol–water partition coefficient (Wildman–Crippen LogP) is 3.43. The summed E-state index contributed by atoms with van der Waals surface area (Å²) in [5.41, 5.74) is 2.04. The molecule has 0 unspecified atom stereocenters. The fourth-order valence-corrected chi connectivity index (χ4v) is 3.37. The lowest BCUT2D eigenvalue weighted by Gasteiger charge is -2.20. The monoisotopic (exact) mass is 367 g/mol. The molecule has 1 N–H and O–H groups in total. The molecule has 134 valence electrons. The number of rotatable bonds is 7. The van der Waals surface area contributed by atoms with E-state index in [9.17, 15) is 4.79 Å². The van der Waals surface area contributed by atoms with Crippen molar-refractivity contribution >= 4 is 17.7 Å². The Hall–Kier alpha value is -2.73. The van der Waals surface area contributed by atoms with Crippen LogP contribution in [0.1, 0.15) is 17.2 Å². The first kappa shape index (κ1) is 18.1. The third-order valence-corrected chi connectivity index (χ3v) is 5.05. The summed E-state index contributed by atoms with van der Waals surface area (Å²) in [4.78, 5) is 16.8. The number of aromatic nitrogens is 2. The molecule has 26 heavy (non-hydrogen) atoms. The number of nitrogens with zero attached hydrogens (tertiary/aromatic N) is 2. The molecule has 0 aliphatic heterocycles. The van der Waals surface area contributed by atoms with E-state index < -0.39 is 0 Å². The van der Waals surface area contributed by atoms with Crippen molar-refractivity contribution in [3.63, 3.8) is 0 Å². The Morgan fingerprint density at radius 3 is 2.46 bits per heavy atom. The van der Waals surface area contributed by atoms with Crippen LogP contribution >= 0.6 is 11.8 Å². The van der Waals surface area contributed by atoms with E-state index in [0.717, 1.165) is 22.0 Å². The van der Waals surface area contributed by atoms with E-state index in [1.54, 1.807) is 13.3 Å². The highest BCUT2D eigenvalue weighted by atomic mass is 32.2. The molecule has 5 nitrogen and oxygen atoms in total. The summed E-state index contributed by atoms with van der Waals surface area (Å²) < 4.78 is 7.13. The van der Waals surface area contributed by atoms with E-state index in [2.05, 4.69) is 10.3 Å². The molecule has 0 bridgehead atoms. The standard InChI is InChI=1S/C20H21N3O2S/c1-23-13-12-21-20(23)26-14-18(24)22-19(15-6-4-3-5-7-15)16-8-10-17(25-2)11-9-16/h3-13,19H,14H2,1-2H3,(H,22,24)/t19-/m0/s1. The van der Waals surface area contributed by atoms with Gasteiger partial charge >= 0.3 is 0 Å². The van der Waals surface area contributed by atoms with Crippen LogP contribution in [0.4, 0.5) is 0 Å². The molecule has 6 heteroatoms. The zero-order valence-corrected chi connectivity index (χ0v) is 15.6. The van der Waals surface area contributed by atoms with Gasteiger partial charge in [0.05, 0.1) is 18.9 Å². The lowest BCUT2D eigenvalue weighted by Crippen LogP contribution is -2.30. The molecule has 0 aliphatic carbocycles. The number of methoxy groups -OCH3 is 1. The normalized spacial score (nSPS) is 11.8. The average Bonchev–Trinajstić information content (AvgIpc) is 3.10. The van der Waals surface area contributed by atoms with Crippen molar-refractivity contribution in [1.82, 2.24) is 14.9 Å². The van der Waals surface area contributed by atoms with Gasteiger partial charge in [-0.05, 0) is 23.3 Å². The lowest BCUT2D eigenvalue weighted by molar-refractivity contribution is -0.119. The predicted molar refractivity (Wildman–Crippen MR) is 103 cm³/mol. The first-order chi connectivity index (χ1) is 12.7. The van der Waals surface area contributed by atoms with Crippen LogP contribution in [0.15, 0.2) is 72.1 Å². The van der Waals surface area contributed by atoms with Crippen LogP contribution in [0, 0.1) is 0 Å². The maximum Gasteiger partial charge on any atom is 0.231 e. The number of imidazole rings is 1. The Bertz CT molecular complexity index is 847. The maximum absolute atomic E-state index is 12.5. The minimum Gasteiger partial charge on any atom is -0.497 e. The second-order valence-electron chi connectivity index (χ2n) is 5.79. The Labute approximate surface area is 157 Å². The summed E-state index contributed by atoms with van der Waals surface area (Å²) in [6.45, 7) is 0. The highest BCUT2D eigenvalue weighted by Crippen LogP contribution is 2.24. The molecule has 3 aromatic rings. The molecule has 0 saturated heterocycles. The van der Waals surface area contributed by atoms with Crippen molar-refractivity contribution in [3.8, 4) is 5.75 Å². The third kappa shape index (κ3) is 4.46. The zero-order chi connectivity index (χ0) is 18.4. The van der Waals surface area contributed by atoms with Gasteiger partial charge in [0.2, 0.25) is 5.91 Å². The molecule has 0 aliphatic rings. The molecule has 1 atom stereocenters. The van der Waals surface area contributed by atoms with Gasteiger partial charge in [0.1, 0.15) is 5.75 Å². The van der Waals surface area contributed by atoms with Gasteiger partial charge in [-0.15, -0.1) is 0 Å². The highest BCUT2D eigenvalue weighted by molar-refractivity contribution is 7.99. The summed E-state index contributed by atoms with van der Waals surface area (Å²) in [7, 11) is 3.55. The Morgan fingerprint density at radius 1 is 1.15 bits per heavy atom. The fraction of sp³-hybridized carbons (Fsp3) is 0.200. The van der Waals surface area contributed by atoms with Crippen LogP contribution in [0.5, 0.6) is 5.75 Å². The van der Waals surface area contributed by atoms with Crippen LogP contribution in [-0.4, -0.2) is 28.3 Å². The summed E-state index contributed by atoms with van der Waals surface area (Å²) in [6, 6.07) is 17.5. The van der Waals surface area contributed by atoms with Gasteiger partial charge in [-0.3, -0.25) is 4.79 Å². The number of carbonyl (C=O) groups excluding carboxylic acids is 1. The Morgan fingerprint density at radius 2 is 1.85 bits per heavy atom. The molecule has 1 heterocycles. The largest absolute Gasteiger partial charge is 0.497 e. The number of benzene rings is 2. The Kier molecular flexibility index (Phi) is 5.96. The van der Waals surface area contributed by atoms with Crippen LogP contribution in [0.25, 0.3) is 0 Å². The quantitative estimate of drug-likeness (QED) is 0.650. The van der Waals surface area contributed by atoms with E-state index in [4.69, 9.17) is 4.74 Å². The van der Waals surface area contributed by atoms with Gasteiger partial charge in [0, 0.05) is 19.4 Å². The third-order valence-electron chi connectivity index (χ3n) is 4.00. The van der Waals surface area contributed by atoms with E-state index >= 15 is 0 Å². The van der Waals surface area contributed by atoms with E-state index in [1.807, 2.05) is 72.4 Å². The Balaban J connectivity index is 1.75. The molecule has 1 aromatic heterocycles. The first-order valence-electron chi connectivity index (χ1n) is 8.26. The summed E-state index contributed by atoms with van der Waals surface area (Å²) in [6.07, 6.45) is 3.59. The van der Waals surface area contributed by atoms with Crippen molar-refractivity contribution in [1.29, 1.82) is 0 Å². The zero-order valence-electron chi connectivity index (χ0n) is 14.8. The molecule has 0 radical (unpaired) electrons. The van der Waals surface area contributed by atoms with Gasteiger partial charge in [-0.25, -0.2) is 4.98 Å². The van der Waals surface area contributed by atoms with Crippen LogP contribution in [0.3, 0.4) is 0 Å². The molecular weight excluding hydrogens is 346 g/mol. The van der Waals surface area contributed by atoms with E-state index in [-0.39, 0.29) is 11.9 Å². The number of ether oxygens (including phenoxy) is 1. The topological polar surface area (TPSA) is 56.1 Å². The van der Waals surface area contributed by atoms with Gasteiger partial charge in [0.25, 0.3) is 0 Å². The van der Waals surface area contributed by atoms with Gasteiger partial charge in [0.15, 0.2) is 5.16 Å². The molecule has 0 spiro atoms. The number of nitrogens with one attached hydrogen (secondary N) is 1. The summed E-state index contributed by atoms with van der Waals surface area (Å²) in [5.74, 6) is 1.06. The molecule has 0 fully saturated rings. The number of hydrogen-bond donors (Lipinski definition) is 1. The highest BCUT2D eigenvalue weighted by Gasteiger charge is 2.17. The SMILES string of the molecule is COc1ccc([C@@H](NC(=O)CSc2nccn2C)c2ccccc2)cc1. The van der Waals surface area contributed by atoms with Crippen molar-refractivity contribution in [3.05, 3.63) is 78.1 Å². The fourth-order valence-electron chi connectivity index (χ4n) is 2.62. The number of amides is 1. The molecule has 2 aromatic carbocycles. The molecular formula is C20H21N3O2S. The summed E-state index contributed by atoms with van der Waals surface area (Å²) in [5, 5.41) is 3.95. The summed E-state index contributed by atoms with van der Waals surface area (Å²) >= 11 is 1.42. The van der Waals surface area contributed by atoms with Crippen molar-refractivity contribution in [2.24, 2.45) is 7.05 Å². The molecule has 0 saturated carbocycles. The smallest absolute Gasteiger partial charge is 0.231 e. The van der Waals surface area contributed by atoms with Crippen LogP contribution < -0.4 is 10.1 Å². The second kappa shape index (κ2) is 8.58. The second-order valence-corrected chi connectivity index (χ2v) is 6.74. The van der Waals surface area contributed by atoms with Crippen molar-refractivity contribution < 1.29 is 9.53 Å². The first-order valence-corrected chi connectivity index (χ1v) is 9.24. The molecule has 1 amide bonds. The minimum atomic E-state index is -0.212. The average molecular weight is 367 g/mol. The van der Waals surface area contributed by atoms with E-state index in [1.165, 1.54) is 11.8 Å². The van der Waals surface area contributed by atoms with Gasteiger partial charge < -0.3 is 14.6 Å². The van der Waals surface area contributed by atoms with Gasteiger partial charge in [-0.1, -0.05) is 54.2 Å². The maximum atomic E-state index is 12.5. The lowest BCUT2D eigenvalue weighted by atomic mass is 9.98. The van der Waals surface area contributed by atoms with Crippen LogP contribution in [0.2, 0.25) is 0 Å². The molecule has 3 rings (SSSR count). The van der Waals surface area contributed by atoms with Gasteiger partial charge in [-0.2, -0.15) is 0 Å². The van der Waals surface area contributed by atoms with Crippen molar-refractivity contribution in [2.45, 2.75) is 11.2 Å².